The molecule has 2 radical (unpaired) electrons. The van der Waals surface area contributed by atoms with E-state index >= 15 is 0 Å². The fraction of sp³-hybridized carbons (Fsp3) is 0.440. The SMILES string of the molecule is [B]c1cnc(Nc2cccc(NC(=O)C3(NC(=O)OC(C)(C)C)CCCCC3)c2)nc1OCC#C. The summed E-state index contributed by atoms with van der Waals surface area (Å²) in [5.41, 5.74) is -0.245. The van der Waals surface area contributed by atoms with E-state index in [0.29, 0.717) is 24.2 Å². The Labute approximate surface area is 207 Å². The second-order valence-corrected chi connectivity index (χ2v) is 9.38. The van der Waals surface area contributed by atoms with Crippen LogP contribution in [0.4, 0.5) is 22.1 Å². The van der Waals surface area contributed by atoms with Crippen LogP contribution in [0, 0.1) is 12.3 Å². The first-order valence-electron chi connectivity index (χ1n) is 11.5. The lowest BCUT2D eigenvalue weighted by atomic mass is 9.81. The number of terminal acetylenes is 1. The van der Waals surface area contributed by atoms with Crippen LogP contribution in [-0.2, 0) is 9.53 Å². The molecule has 1 aromatic heterocycles. The van der Waals surface area contributed by atoms with E-state index in [1.165, 1.54) is 6.20 Å². The number of hydrogen-bond acceptors (Lipinski definition) is 7. The van der Waals surface area contributed by atoms with Gasteiger partial charge in [0.2, 0.25) is 17.7 Å². The minimum absolute atomic E-state index is 0.0290. The topological polar surface area (TPSA) is 114 Å². The predicted octanol–water partition coefficient (Wildman–Crippen LogP) is 3.19. The molecule has 1 aliphatic rings. The van der Waals surface area contributed by atoms with E-state index in [4.69, 9.17) is 23.7 Å². The Morgan fingerprint density at radius 3 is 2.60 bits per heavy atom. The number of ether oxygens (including phenoxy) is 2. The van der Waals surface area contributed by atoms with Crippen LogP contribution in [0.25, 0.3) is 0 Å². The zero-order valence-corrected chi connectivity index (χ0v) is 20.3. The molecule has 0 spiro atoms. The molecule has 0 aliphatic heterocycles. The number of benzene rings is 1. The Balaban J connectivity index is 1.73. The Bertz CT molecular complexity index is 1100. The number of anilines is 3. The molecule has 0 atom stereocenters. The molecule has 3 rings (SSSR count). The molecule has 10 heteroatoms. The van der Waals surface area contributed by atoms with Crippen LogP contribution >= 0.6 is 0 Å². The van der Waals surface area contributed by atoms with Gasteiger partial charge in [0, 0.05) is 17.6 Å². The van der Waals surface area contributed by atoms with Crippen LogP contribution in [0.2, 0.25) is 0 Å². The molecule has 9 nitrogen and oxygen atoms in total. The zero-order chi connectivity index (χ0) is 25.5. The van der Waals surface area contributed by atoms with E-state index in [0.717, 1.165) is 19.3 Å². The predicted molar refractivity (Wildman–Crippen MR) is 135 cm³/mol. The third-order valence-corrected chi connectivity index (χ3v) is 5.33. The highest BCUT2D eigenvalue weighted by molar-refractivity contribution is 6.33. The molecule has 1 saturated carbocycles. The fourth-order valence-corrected chi connectivity index (χ4v) is 3.78. The highest BCUT2D eigenvalue weighted by atomic mass is 16.6. The van der Waals surface area contributed by atoms with E-state index < -0.39 is 17.2 Å². The van der Waals surface area contributed by atoms with Gasteiger partial charge in [-0.25, -0.2) is 9.78 Å². The van der Waals surface area contributed by atoms with Crippen molar-refractivity contribution in [2.75, 3.05) is 17.2 Å². The lowest BCUT2D eigenvalue weighted by molar-refractivity contribution is -0.123. The van der Waals surface area contributed by atoms with Crippen LogP contribution in [0.1, 0.15) is 52.9 Å². The molecule has 1 fully saturated rings. The maximum atomic E-state index is 13.4. The summed E-state index contributed by atoms with van der Waals surface area (Å²) >= 11 is 0. The molecule has 0 saturated heterocycles. The highest BCUT2D eigenvalue weighted by Crippen LogP contribution is 2.30. The van der Waals surface area contributed by atoms with E-state index in [1.807, 2.05) is 0 Å². The summed E-state index contributed by atoms with van der Waals surface area (Å²) in [6.07, 6.45) is 9.80. The summed E-state index contributed by atoms with van der Waals surface area (Å²) in [6, 6.07) is 7.08. The summed E-state index contributed by atoms with van der Waals surface area (Å²) in [7, 11) is 5.82. The van der Waals surface area contributed by atoms with E-state index in [-0.39, 0.29) is 29.8 Å². The van der Waals surface area contributed by atoms with Crippen molar-refractivity contribution in [1.29, 1.82) is 0 Å². The van der Waals surface area contributed by atoms with Crippen molar-refractivity contribution in [3.8, 4) is 18.2 Å². The summed E-state index contributed by atoms with van der Waals surface area (Å²) in [5, 5.41) is 8.84. The van der Waals surface area contributed by atoms with Gasteiger partial charge in [0.1, 0.15) is 19.0 Å². The summed E-state index contributed by atoms with van der Waals surface area (Å²) in [5.74, 6) is 2.51. The number of carbonyl (C=O) groups excluding carboxylic acids is 2. The van der Waals surface area contributed by atoms with Gasteiger partial charge < -0.3 is 25.4 Å². The van der Waals surface area contributed by atoms with Crippen molar-refractivity contribution in [3.05, 3.63) is 30.5 Å². The van der Waals surface area contributed by atoms with Crippen molar-refractivity contribution in [1.82, 2.24) is 15.3 Å². The summed E-state index contributed by atoms with van der Waals surface area (Å²) in [4.78, 5) is 34.2. The monoisotopic (exact) mass is 475 g/mol. The number of aromatic nitrogens is 2. The zero-order valence-electron chi connectivity index (χ0n) is 20.3. The molecular formula is C25H30BN5O4. The minimum atomic E-state index is -1.03. The molecule has 3 N–H and O–H groups in total. The van der Waals surface area contributed by atoms with E-state index in [9.17, 15) is 9.59 Å². The number of nitrogens with one attached hydrogen (secondary N) is 3. The second kappa shape index (κ2) is 11.1. The van der Waals surface area contributed by atoms with Gasteiger partial charge in [0.05, 0.1) is 0 Å². The van der Waals surface area contributed by atoms with Gasteiger partial charge in [-0.1, -0.05) is 31.2 Å². The molecule has 182 valence electrons. The molecule has 2 amide bonds. The lowest BCUT2D eigenvalue weighted by Gasteiger charge is -2.37. The van der Waals surface area contributed by atoms with Crippen molar-refractivity contribution in [2.45, 2.75) is 64.0 Å². The quantitative estimate of drug-likeness (QED) is 0.416. The Kier molecular flexibility index (Phi) is 8.23. The van der Waals surface area contributed by atoms with Crippen molar-refractivity contribution in [3.63, 3.8) is 0 Å². The Morgan fingerprint density at radius 1 is 1.20 bits per heavy atom. The molecule has 1 aliphatic carbocycles. The molecule has 2 aromatic rings. The number of nitrogens with zero attached hydrogens (tertiary/aromatic N) is 2. The number of amides is 2. The van der Waals surface area contributed by atoms with Gasteiger partial charge in [-0.05, 0) is 57.3 Å². The number of hydrogen-bond donors (Lipinski definition) is 3. The second-order valence-electron chi connectivity index (χ2n) is 9.38. The normalized spacial score (nSPS) is 14.8. The van der Waals surface area contributed by atoms with Crippen LogP contribution in [0.3, 0.4) is 0 Å². The van der Waals surface area contributed by atoms with Crippen molar-refractivity contribution >= 4 is 42.6 Å². The maximum Gasteiger partial charge on any atom is 0.408 e. The molecule has 1 heterocycles. The van der Waals surface area contributed by atoms with Gasteiger partial charge in [0.15, 0.2) is 6.61 Å². The third kappa shape index (κ3) is 7.37. The van der Waals surface area contributed by atoms with Crippen LogP contribution in [0.5, 0.6) is 5.88 Å². The van der Waals surface area contributed by atoms with Crippen molar-refractivity contribution in [2.24, 2.45) is 0 Å². The van der Waals surface area contributed by atoms with Gasteiger partial charge in [-0.2, -0.15) is 4.98 Å². The standard InChI is InChI=1S/C25H30BN5O4/c1-5-14-34-20-19(26)16-27-22(30-20)29-18-11-9-10-17(15-18)28-21(32)25(12-7-6-8-13-25)31-23(33)35-24(2,3)4/h1,9-11,15-16H,6-8,12-14H2,2-4H3,(H,28,32)(H,31,33)(H,27,29,30). The number of rotatable bonds is 7. The number of alkyl carbamates (subject to hydrolysis) is 1. The average Bonchev–Trinajstić information content (AvgIpc) is 2.79. The Hall–Kier alpha value is -3.74. The highest BCUT2D eigenvalue weighted by Gasteiger charge is 2.42. The van der Waals surface area contributed by atoms with Gasteiger partial charge in [0.25, 0.3) is 0 Å². The smallest absolute Gasteiger partial charge is 0.408 e. The Morgan fingerprint density at radius 2 is 1.91 bits per heavy atom. The van der Waals surface area contributed by atoms with Gasteiger partial charge in [-0.15, -0.1) is 6.42 Å². The summed E-state index contributed by atoms with van der Waals surface area (Å²) < 4.78 is 10.7. The summed E-state index contributed by atoms with van der Waals surface area (Å²) in [6.45, 7) is 5.39. The number of carbonyl (C=O) groups is 2. The third-order valence-electron chi connectivity index (χ3n) is 5.33. The van der Waals surface area contributed by atoms with Crippen LogP contribution < -0.4 is 26.2 Å². The van der Waals surface area contributed by atoms with E-state index in [2.05, 4.69) is 31.8 Å². The largest absolute Gasteiger partial charge is 0.465 e. The lowest BCUT2D eigenvalue weighted by Crippen LogP contribution is -2.58. The first-order valence-corrected chi connectivity index (χ1v) is 11.5. The van der Waals surface area contributed by atoms with Crippen molar-refractivity contribution < 1.29 is 19.1 Å². The molecule has 0 unspecified atom stereocenters. The average molecular weight is 475 g/mol. The maximum absolute atomic E-state index is 13.4. The minimum Gasteiger partial charge on any atom is -0.465 e. The van der Waals surface area contributed by atoms with Gasteiger partial charge in [-0.3, -0.25) is 4.79 Å². The molecule has 1 aromatic carbocycles. The van der Waals surface area contributed by atoms with E-state index in [1.54, 1.807) is 45.0 Å². The van der Waals surface area contributed by atoms with Crippen LogP contribution in [0.15, 0.2) is 30.5 Å². The first kappa shape index (κ1) is 25.9. The molecule has 0 bridgehead atoms. The fourth-order valence-electron chi connectivity index (χ4n) is 3.78. The molecular weight excluding hydrogens is 445 g/mol. The molecule has 35 heavy (non-hydrogen) atoms. The first-order chi connectivity index (χ1) is 16.6. The van der Waals surface area contributed by atoms with Gasteiger partial charge >= 0.3 is 6.09 Å². The van der Waals surface area contributed by atoms with Crippen LogP contribution in [-0.4, -0.2) is 47.6 Å².